The van der Waals surface area contributed by atoms with E-state index in [0.717, 1.165) is 18.2 Å². The van der Waals surface area contributed by atoms with Crippen molar-refractivity contribution in [2.45, 2.75) is 6.92 Å². The van der Waals surface area contributed by atoms with Gasteiger partial charge in [-0.2, -0.15) is 0 Å². The second kappa shape index (κ2) is 5.80. The van der Waals surface area contributed by atoms with Gasteiger partial charge in [0.25, 0.3) is 5.91 Å². The standard InChI is InChI=1S/C11H12ClF2NO/c1-7(5-12)6-15-11(16)8-2-9(13)4-10(14)3-8/h2-4,7H,5-6H2,1H3,(H,15,16). The summed E-state index contributed by atoms with van der Waals surface area (Å²) in [5.74, 6) is -1.51. The van der Waals surface area contributed by atoms with Gasteiger partial charge in [-0.25, -0.2) is 8.78 Å². The number of amides is 1. The van der Waals surface area contributed by atoms with E-state index in [-0.39, 0.29) is 11.5 Å². The molecule has 0 fully saturated rings. The van der Waals surface area contributed by atoms with Crippen LogP contribution in [0.2, 0.25) is 0 Å². The molecule has 0 bridgehead atoms. The van der Waals surface area contributed by atoms with Crippen molar-refractivity contribution >= 4 is 17.5 Å². The molecule has 1 rings (SSSR count). The fraction of sp³-hybridized carbons (Fsp3) is 0.364. The molecular weight excluding hydrogens is 236 g/mol. The minimum Gasteiger partial charge on any atom is -0.352 e. The number of benzene rings is 1. The molecule has 0 aliphatic rings. The molecule has 0 radical (unpaired) electrons. The number of halogens is 3. The van der Waals surface area contributed by atoms with Gasteiger partial charge in [0.15, 0.2) is 0 Å². The van der Waals surface area contributed by atoms with Crippen LogP contribution in [0.3, 0.4) is 0 Å². The normalized spacial score (nSPS) is 12.2. The molecular formula is C11H12ClF2NO. The lowest BCUT2D eigenvalue weighted by Gasteiger charge is -2.09. The van der Waals surface area contributed by atoms with Crippen molar-refractivity contribution in [1.29, 1.82) is 0 Å². The highest BCUT2D eigenvalue weighted by Gasteiger charge is 2.09. The third kappa shape index (κ3) is 3.77. The van der Waals surface area contributed by atoms with Crippen LogP contribution in [-0.2, 0) is 0 Å². The number of hydrogen-bond acceptors (Lipinski definition) is 1. The molecule has 0 saturated heterocycles. The van der Waals surface area contributed by atoms with E-state index in [9.17, 15) is 13.6 Å². The Morgan fingerprint density at radius 1 is 1.38 bits per heavy atom. The van der Waals surface area contributed by atoms with Crippen molar-refractivity contribution in [1.82, 2.24) is 5.32 Å². The molecule has 1 aromatic rings. The van der Waals surface area contributed by atoms with E-state index in [1.165, 1.54) is 0 Å². The zero-order chi connectivity index (χ0) is 12.1. The first-order valence-corrected chi connectivity index (χ1v) is 5.36. The van der Waals surface area contributed by atoms with Crippen LogP contribution in [0, 0.1) is 17.6 Å². The smallest absolute Gasteiger partial charge is 0.251 e. The number of rotatable bonds is 4. The van der Waals surface area contributed by atoms with E-state index in [2.05, 4.69) is 5.32 Å². The van der Waals surface area contributed by atoms with Crippen LogP contribution in [0.5, 0.6) is 0 Å². The van der Waals surface area contributed by atoms with Gasteiger partial charge in [0.05, 0.1) is 0 Å². The molecule has 1 N–H and O–H groups in total. The van der Waals surface area contributed by atoms with Gasteiger partial charge in [-0.15, -0.1) is 11.6 Å². The molecule has 16 heavy (non-hydrogen) atoms. The lowest BCUT2D eigenvalue weighted by Crippen LogP contribution is -2.29. The Morgan fingerprint density at radius 3 is 2.44 bits per heavy atom. The van der Waals surface area contributed by atoms with E-state index >= 15 is 0 Å². The van der Waals surface area contributed by atoms with Gasteiger partial charge in [0.1, 0.15) is 11.6 Å². The third-order valence-corrected chi connectivity index (χ3v) is 2.53. The summed E-state index contributed by atoms with van der Waals surface area (Å²) in [4.78, 5) is 11.5. The molecule has 1 atom stereocenters. The predicted molar refractivity (Wildman–Crippen MR) is 58.6 cm³/mol. The molecule has 1 aromatic carbocycles. The monoisotopic (exact) mass is 247 g/mol. The summed E-state index contributed by atoms with van der Waals surface area (Å²) in [6.45, 7) is 2.24. The van der Waals surface area contributed by atoms with Crippen molar-refractivity contribution in [2.24, 2.45) is 5.92 Å². The summed E-state index contributed by atoms with van der Waals surface area (Å²) >= 11 is 5.56. The third-order valence-electron chi connectivity index (χ3n) is 2.00. The van der Waals surface area contributed by atoms with E-state index in [1.807, 2.05) is 6.92 Å². The van der Waals surface area contributed by atoms with E-state index < -0.39 is 17.5 Å². The fourth-order valence-corrected chi connectivity index (χ4v) is 1.22. The highest BCUT2D eigenvalue weighted by Crippen LogP contribution is 2.08. The first-order valence-electron chi connectivity index (χ1n) is 4.83. The number of alkyl halides is 1. The molecule has 0 heterocycles. The Balaban J connectivity index is 2.66. The lowest BCUT2D eigenvalue weighted by atomic mass is 10.2. The van der Waals surface area contributed by atoms with Crippen LogP contribution in [0.25, 0.3) is 0 Å². The van der Waals surface area contributed by atoms with Crippen molar-refractivity contribution in [3.8, 4) is 0 Å². The maximum absolute atomic E-state index is 12.8. The summed E-state index contributed by atoms with van der Waals surface area (Å²) in [7, 11) is 0. The Bertz CT molecular complexity index is 364. The largest absolute Gasteiger partial charge is 0.352 e. The average molecular weight is 248 g/mol. The van der Waals surface area contributed by atoms with Crippen molar-refractivity contribution in [2.75, 3.05) is 12.4 Å². The number of nitrogens with one attached hydrogen (secondary N) is 1. The van der Waals surface area contributed by atoms with Crippen LogP contribution in [0.4, 0.5) is 8.78 Å². The van der Waals surface area contributed by atoms with Gasteiger partial charge in [-0.3, -0.25) is 4.79 Å². The maximum Gasteiger partial charge on any atom is 0.251 e. The molecule has 2 nitrogen and oxygen atoms in total. The van der Waals surface area contributed by atoms with Crippen molar-refractivity contribution < 1.29 is 13.6 Å². The van der Waals surface area contributed by atoms with Crippen LogP contribution in [0.15, 0.2) is 18.2 Å². The average Bonchev–Trinajstić information content (AvgIpc) is 2.23. The Hall–Kier alpha value is -1.16. The van der Waals surface area contributed by atoms with E-state index in [1.54, 1.807) is 0 Å². The Kier molecular flexibility index (Phi) is 4.68. The molecule has 1 unspecified atom stereocenters. The van der Waals surface area contributed by atoms with Crippen LogP contribution in [-0.4, -0.2) is 18.3 Å². The summed E-state index contributed by atoms with van der Waals surface area (Å²) < 4.78 is 25.6. The van der Waals surface area contributed by atoms with E-state index in [0.29, 0.717) is 12.4 Å². The summed E-state index contributed by atoms with van der Waals surface area (Å²) in [6.07, 6.45) is 0. The first-order chi connectivity index (χ1) is 7.52. The van der Waals surface area contributed by atoms with Gasteiger partial charge in [0, 0.05) is 24.1 Å². The molecule has 5 heteroatoms. The van der Waals surface area contributed by atoms with Gasteiger partial charge in [0.2, 0.25) is 0 Å². The minimum atomic E-state index is -0.768. The molecule has 0 saturated carbocycles. The molecule has 0 aliphatic carbocycles. The first kappa shape index (κ1) is 12.9. The zero-order valence-electron chi connectivity index (χ0n) is 8.77. The van der Waals surface area contributed by atoms with Crippen LogP contribution in [0.1, 0.15) is 17.3 Å². The predicted octanol–water partition coefficient (Wildman–Crippen LogP) is 2.57. The van der Waals surface area contributed by atoms with Gasteiger partial charge in [-0.1, -0.05) is 6.92 Å². The summed E-state index contributed by atoms with van der Waals surface area (Å²) in [5.41, 5.74) is -0.0285. The zero-order valence-corrected chi connectivity index (χ0v) is 9.52. The van der Waals surface area contributed by atoms with Gasteiger partial charge in [-0.05, 0) is 18.1 Å². The maximum atomic E-state index is 12.8. The second-order valence-corrected chi connectivity index (χ2v) is 3.94. The molecule has 0 aromatic heterocycles. The molecule has 88 valence electrons. The highest BCUT2D eigenvalue weighted by atomic mass is 35.5. The summed E-state index contributed by atoms with van der Waals surface area (Å²) in [6, 6.07) is 2.70. The molecule has 1 amide bonds. The number of carbonyl (C=O) groups excluding carboxylic acids is 1. The Labute approximate surface area is 97.6 Å². The lowest BCUT2D eigenvalue weighted by molar-refractivity contribution is 0.0948. The van der Waals surface area contributed by atoms with Crippen LogP contribution < -0.4 is 5.32 Å². The van der Waals surface area contributed by atoms with Gasteiger partial charge >= 0.3 is 0 Å². The quantitative estimate of drug-likeness (QED) is 0.814. The van der Waals surface area contributed by atoms with Crippen molar-refractivity contribution in [3.05, 3.63) is 35.4 Å². The van der Waals surface area contributed by atoms with E-state index in [4.69, 9.17) is 11.6 Å². The minimum absolute atomic E-state index is 0.0285. The van der Waals surface area contributed by atoms with Crippen molar-refractivity contribution in [3.63, 3.8) is 0 Å². The van der Waals surface area contributed by atoms with Gasteiger partial charge < -0.3 is 5.32 Å². The SMILES string of the molecule is CC(CCl)CNC(=O)c1cc(F)cc(F)c1. The van der Waals surface area contributed by atoms with Crippen LogP contribution >= 0.6 is 11.6 Å². The number of carbonyl (C=O) groups is 1. The molecule has 0 aliphatic heterocycles. The highest BCUT2D eigenvalue weighted by molar-refractivity contribution is 6.18. The second-order valence-electron chi connectivity index (χ2n) is 3.63. The topological polar surface area (TPSA) is 29.1 Å². The molecule has 0 spiro atoms. The summed E-state index contributed by atoms with van der Waals surface area (Å²) in [5, 5.41) is 2.55. The fourth-order valence-electron chi connectivity index (χ4n) is 1.11. The number of hydrogen-bond donors (Lipinski definition) is 1. The Morgan fingerprint density at radius 2 is 1.94 bits per heavy atom.